The van der Waals surface area contributed by atoms with Gasteiger partial charge in [-0.3, -0.25) is 6.08 Å². The molecule has 0 amide bonds. The van der Waals surface area contributed by atoms with Crippen molar-refractivity contribution in [1.29, 1.82) is 0 Å². The van der Waals surface area contributed by atoms with Gasteiger partial charge >= 0.3 is 23.4 Å². The molecule has 0 bridgehead atoms. The van der Waals surface area contributed by atoms with E-state index in [0.29, 0.717) is 0 Å². The quantitative estimate of drug-likeness (QED) is 0.429. The maximum absolute atomic E-state index is 9.78. The molecule has 7 heteroatoms. The van der Waals surface area contributed by atoms with E-state index in [0.717, 1.165) is 27.8 Å². The topological polar surface area (TPSA) is 60.7 Å². The van der Waals surface area contributed by atoms with Crippen molar-refractivity contribution >= 4 is 16.4 Å². The second-order valence-electron chi connectivity index (χ2n) is 1.09. The minimum atomic E-state index is -2.69. The molecule has 1 aliphatic rings. The summed E-state index contributed by atoms with van der Waals surface area (Å²) in [6.45, 7) is 0. The molecule has 0 aromatic rings. The number of aliphatic hydroxyl groups excluding tert-OH is 3. The summed E-state index contributed by atoms with van der Waals surface area (Å²) in [5.74, 6) is 0. The molecule has 0 aromatic heterocycles. The molecule has 0 spiro atoms. The summed E-state index contributed by atoms with van der Waals surface area (Å²) in [5, 5.41) is 21.0. The van der Waals surface area contributed by atoms with E-state index < -0.39 is 16.4 Å². The first-order chi connectivity index (χ1) is 6.91. The summed E-state index contributed by atoms with van der Waals surface area (Å²) in [6, 6.07) is 0. The zero-order valence-corrected chi connectivity index (χ0v) is 14.0. The SMILES string of the molecule is CO.CO.CO.[C-]1=CC=CC1.[F][GeH][F].[Zr]. The molecule has 0 heterocycles. The Hall–Kier alpha value is 0.646. The maximum Gasteiger partial charge on any atom is 0 e. The van der Waals surface area contributed by atoms with E-state index in [2.05, 4.69) is 12.2 Å². The molecule has 1 radical (unpaired) electrons. The fraction of sp³-hybridized carbons (Fsp3) is 0.500. The Labute approximate surface area is 116 Å². The first-order valence-electron chi connectivity index (χ1n) is 3.50. The normalized spacial score (nSPS) is 8.27. The minimum absolute atomic E-state index is 0. The van der Waals surface area contributed by atoms with E-state index in [1.807, 2.05) is 12.2 Å². The summed E-state index contributed by atoms with van der Waals surface area (Å²) >= 11 is -2.69. The van der Waals surface area contributed by atoms with Crippen molar-refractivity contribution in [2.24, 2.45) is 0 Å². The molecule has 91 valence electrons. The molecule has 0 aliphatic heterocycles. The maximum atomic E-state index is 9.78. The van der Waals surface area contributed by atoms with Gasteiger partial charge in [-0.25, -0.2) is 12.2 Å². The van der Waals surface area contributed by atoms with Crippen molar-refractivity contribution in [2.75, 3.05) is 21.3 Å². The van der Waals surface area contributed by atoms with Gasteiger partial charge in [-0.05, 0) is 0 Å². The molecule has 1 rings (SSSR count). The molecular weight excluding hydrogens is 346 g/mol. The van der Waals surface area contributed by atoms with Crippen LogP contribution in [0.4, 0.5) is 7.00 Å². The smallest absolute Gasteiger partial charge is 0 e. The van der Waals surface area contributed by atoms with Crippen LogP contribution >= 0.6 is 0 Å². The Kier molecular flexibility index (Phi) is 122. The van der Waals surface area contributed by atoms with Crippen LogP contribution in [0.2, 0.25) is 0 Å². The van der Waals surface area contributed by atoms with Gasteiger partial charge in [-0.2, -0.15) is 6.08 Å². The van der Waals surface area contributed by atoms with E-state index in [9.17, 15) is 7.00 Å². The van der Waals surface area contributed by atoms with Gasteiger partial charge in [0.15, 0.2) is 0 Å². The van der Waals surface area contributed by atoms with E-state index in [-0.39, 0.29) is 26.2 Å². The molecule has 0 atom stereocenters. The van der Waals surface area contributed by atoms with Gasteiger partial charge in [0.05, 0.1) is 0 Å². The van der Waals surface area contributed by atoms with Gasteiger partial charge in [-0.15, -0.1) is 6.42 Å². The third-order valence-electron chi connectivity index (χ3n) is 0.586. The first-order valence-corrected chi connectivity index (χ1v) is 5.33. The van der Waals surface area contributed by atoms with Gasteiger partial charge in [0, 0.05) is 47.5 Å². The Morgan fingerprint density at radius 1 is 1.07 bits per heavy atom. The summed E-state index contributed by atoms with van der Waals surface area (Å²) in [4.78, 5) is 0. The molecule has 0 saturated carbocycles. The predicted molar refractivity (Wildman–Crippen MR) is 55.4 cm³/mol. The number of rotatable bonds is 0. The van der Waals surface area contributed by atoms with Gasteiger partial charge in [0.25, 0.3) is 0 Å². The molecule has 0 unspecified atom stereocenters. The van der Waals surface area contributed by atoms with Crippen LogP contribution in [0.1, 0.15) is 6.42 Å². The third-order valence-corrected chi connectivity index (χ3v) is 0.586. The summed E-state index contributed by atoms with van der Waals surface area (Å²) in [5.41, 5.74) is 0. The number of aliphatic hydroxyl groups is 3. The second kappa shape index (κ2) is 61.7. The minimum Gasteiger partial charge on any atom is 0 e. The van der Waals surface area contributed by atoms with E-state index in [1.54, 1.807) is 0 Å². The number of allylic oxidation sites excluding steroid dienone is 4. The Morgan fingerprint density at radius 3 is 1.47 bits per heavy atom. The van der Waals surface area contributed by atoms with E-state index in [1.165, 1.54) is 0 Å². The Bertz CT molecular complexity index is 95.9. The standard InChI is InChI=1S/C5H5.3CH4O.F2GeH.Zr/c1-2-4-5-3-1;3*1-2;1-3-2;/h1-3H,4H2;3*2H,1H3;3H;/q-1;;;;;. The average Bonchev–Trinajstić information content (AvgIpc) is 2.85. The Balaban J connectivity index is -0.0000000299. The fourth-order valence-corrected chi connectivity index (χ4v) is 0.340. The van der Waals surface area contributed by atoms with Crippen LogP contribution < -0.4 is 0 Å². The van der Waals surface area contributed by atoms with E-state index in [4.69, 9.17) is 15.3 Å². The average molecular weight is 364 g/mol. The molecular formula is C8H18F2GeO3Zr-. The van der Waals surface area contributed by atoms with Crippen molar-refractivity contribution in [2.45, 2.75) is 6.42 Å². The van der Waals surface area contributed by atoms with Crippen LogP contribution in [0.3, 0.4) is 0 Å². The van der Waals surface area contributed by atoms with Crippen LogP contribution in [-0.2, 0) is 26.2 Å². The van der Waals surface area contributed by atoms with Crippen molar-refractivity contribution < 1.29 is 48.5 Å². The van der Waals surface area contributed by atoms with Gasteiger partial charge in [-0.1, -0.05) is 0 Å². The first kappa shape index (κ1) is 29.6. The predicted octanol–water partition coefficient (Wildman–Crippen LogP) is 0.321. The molecule has 15 heavy (non-hydrogen) atoms. The van der Waals surface area contributed by atoms with Crippen LogP contribution in [-0.4, -0.2) is 53.0 Å². The van der Waals surface area contributed by atoms with Crippen LogP contribution in [0.5, 0.6) is 0 Å². The molecule has 3 N–H and O–H groups in total. The molecule has 3 nitrogen and oxygen atoms in total. The van der Waals surface area contributed by atoms with Gasteiger partial charge in [0.2, 0.25) is 0 Å². The second-order valence-corrected chi connectivity index (χ2v) is 1.43. The zero-order chi connectivity index (χ0) is 12.2. The van der Waals surface area contributed by atoms with Gasteiger partial charge in [0.1, 0.15) is 0 Å². The van der Waals surface area contributed by atoms with E-state index >= 15 is 0 Å². The third kappa shape index (κ3) is 73.5. The summed E-state index contributed by atoms with van der Waals surface area (Å²) < 4.78 is 19.6. The molecule has 0 aromatic carbocycles. The van der Waals surface area contributed by atoms with Crippen LogP contribution in [0.25, 0.3) is 0 Å². The molecule has 1 aliphatic carbocycles. The van der Waals surface area contributed by atoms with Crippen molar-refractivity contribution in [3.8, 4) is 0 Å². The van der Waals surface area contributed by atoms with Crippen LogP contribution in [0, 0.1) is 6.08 Å². The summed E-state index contributed by atoms with van der Waals surface area (Å²) in [7, 11) is 3.00. The zero-order valence-electron chi connectivity index (χ0n) is 9.11. The Morgan fingerprint density at radius 2 is 1.40 bits per heavy atom. The van der Waals surface area contributed by atoms with Crippen LogP contribution in [0.15, 0.2) is 18.2 Å². The molecule has 0 fully saturated rings. The monoisotopic (exact) mass is 364 g/mol. The van der Waals surface area contributed by atoms with Crippen molar-refractivity contribution in [3.63, 3.8) is 0 Å². The van der Waals surface area contributed by atoms with Gasteiger partial charge < -0.3 is 15.3 Å². The number of halogens is 2. The van der Waals surface area contributed by atoms with Crippen molar-refractivity contribution in [1.82, 2.24) is 0 Å². The number of hydrogen-bond acceptors (Lipinski definition) is 3. The van der Waals surface area contributed by atoms with Crippen molar-refractivity contribution in [3.05, 3.63) is 24.3 Å². The fourth-order valence-electron chi connectivity index (χ4n) is 0.340. The molecule has 0 saturated heterocycles. The summed E-state index contributed by atoms with van der Waals surface area (Å²) in [6.07, 6.45) is 10.0. The largest absolute Gasteiger partial charge is 0 e. The number of hydrogen-bond donors (Lipinski definition) is 3.